The average molecular weight is 344 g/mol. The van der Waals surface area contributed by atoms with E-state index in [1.54, 1.807) is 12.1 Å². The van der Waals surface area contributed by atoms with Crippen LogP contribution in [0.15, 0.2) is 12.1 Å². The van der Waals surface area contributed by atoms with E-state index in [1.807, 2.05) is 0 Å². The molecule has 0 spiro atoms. The second kappa shape index (κ2) is 7.94. The maximum Gasteiger partial charge on any atom is 0.261 e. The lowest BCUT2D eigenvalue weighted by Crippen LogP contribution is -2.40. The Labute approximate surface area is 139 Å². The zero-order chi connectivity index (χ0) is 16.1. The van der Waals surface area contributed by atoms with Gasteiger partial charge in [0.05, 0.1) is 9.21 Å². The van der Waals surface area contributed by atoms with Gasteiger partial charge in [-0.15, -0.1) is 11.3 Å². The zero-order valence-corrected chi connectivity index (χ0v) is 14.3. The van der Waals surface area contributed by atoms with E-state index < -0.39 is 0 Å². The molecule has 7 heteroatoms. The Morgan fingerprint density at radius 3 is 2.82 bits per heavy atom. The van der Waals surface area contributed by atoms with Gasteiger partial charge in [0.1, 0.15) is 0 Å². The fourth-order valence-electron chi connectivity index (χ4n) is 2.91. The maximum atomic E-state index is 12.3. The minimum Gasteiger partial charge on any atom is -0.370 e. The summed E-state index contributed by atoms with van der Waals surface area (Å²) in [6.45, 7) is 4.47. The van der Waals surface area contributed by atoms with Gasteiger partial charge in [0.15, 0.2) is 0 Å². The van der Waals surface area contributed by atoms with Gasteiger partial charge in [0.2, 0.25) is 5.91 Å². The van der Waals surface area contributed by atoms with Crippen LogP contribution in [0.3, 0.4) is 0 Å². The highest BCUT2D eigenvalue weighted by Crippen LogP contribution is 2.24. The lowest BCUT2D eigenvalue weighted by Gasteiger charge is -2.18. The fraction of sp³-hybridized carbons (Fsp3) is 0.600. The summed E-state index contributed by atoms with van der Waals surface area (Å²) in [6.07, 6.45) is 2.49. The molecule has 2 atom stereocenters. The number of hydrogen-bond donors (Lipinski definition) is 2. The Kier molecular flexibility index (Phi) is 6.23. The standard InChI is InChI=1S/C15H22ClN3O2S/c1-2-3-10-8-19(7-6-14(17)20)9-11(10)18-15(21)12-4-5-13(16)22-12/h4-5,10-11H,2-3,6-9H2,1H3,(H2,17,20)(H,18,21)/t10-,11-/m0/s1. The van der Waals surface area contributed by atoms with Crippen molar-refractivity contribution in [3.63, 3.8) is 0 Å². The van der Waals surface area contributed by atoms with Crippen LogP contribution < -0.4 is 11.1 Å². The van der Waals surface area contributed by atoms with Crippen molar-refractivity contribution in [1.82, 2.24) is 10.2 Å². The van der Waals surface area contributed by atoms with Crippen LogP contribution in [0.4, 0.5) is 0 Å². The van der Waals surface area contributed by atoms with Gasteiger partial charge < -0.3 is 16.0 Å². The molecule has 2 rings (SSSR count). The SMILES string of the molecule is CCC[C@H]1CN(CCC(N)=O)C[C@@H]1NC(=O)c1ccc(Cl)s1. The van der Waals surface area contributed by atoms with Crippen LogP contribution in [0.25, 0.3) is 0 Å². The van der Waals surface area contributed by atoms with Gasteiger partial charge in [-0.1, -0.05) is 24.9 Å². The molecule has 1 aromatic heterocycles. The number of primary amides is 1. The van der Waals surface area contributed by atoms with Crippen LogP contribution >= 0.6 is 22.9 Å². The molecule has 0 saturated carbocycles. The van der Waals surface area contributed by atoms with Crippen molar-refractivity contribution in [2.45, 2.75) is 32.2 Å². The molecule has 22 heavy (non-hydrogen) atoms. The number of nitrogens with zero attached hydrogens (tertiary/aromatic N) is 1. The third-order valence-electron chi connectivity index (χ3n) is 3.96. The van der Waals surface area contributed by atoms with Crippen LogP contribution in [-0.4, -0.2) is 42.4 Å². The van der Waals surface area contributed by atoms with Crippen molar-refractivity contribution in [3.8, 4) is 0 Å². The predicted octanol–water partition coefficient (Wildman–Crippen LogP) is 2.11. The zero-order valence-electron chi connectivity index (χ0n) is 12.7. The summed E-state index contributed by atoms with van der Waals surface area (Å²) in [4.78, 5) is 26.0. The molecule has 0 bridgehead atoms. The molecule has 1 aliphatic rings. The van der Waals surface area contributed by atoms with E-state index in [4.69, 9.17) is 17.3 Å². The monoisotopic (exact) mass is 343 g/mol. The number of thiophene rings is 1. The average Bonchev–Trinajstić information content (AvgIpc) is 3.04. The molecule has 1 fully saturated rings. The molecule has 1 aliphatic heterocycles. The maximum absolute atomic E-state index is 12.3. The van der Waals surface area contributed by atoms with Gasteiger partial charge >= 0.3 is 0 Å². The molecule has 0 aromatic carbocycles. The Bertz CT molecular complexity index is 535. The lowest BCUT2D eigenvalue weighted by atomic mass is 9.98. The van der Waals surface area contributed by atoms with Crippen molar-refractivity contribution in [3.05, 3.63) is 21.3 Å². The van der Waals surface area contributed by atoms with E-state index in [2.05, 4.69) is 17.1 Å². The smallest absolute Gasteiger partial charge is 0.261 e. The number of carbonyl (C=O) groups is 2. The minimum absolute atomic E-state index is 0.0697. The van der Waals surface area contributed by atoms with Crippen molar-refractivity contribution in [2.24, 2.45) is 11.7 Å². The number of carbonyl (C=O) groups excluding carboxylic acids is 2. The summed E-state index contributed by atoms with van der Waals surface area (Å²) in [7, 11) is 0. The number of halogens is 1. The molecule has 0 radical (unpaired) electrons. The van der Waals surface area contributed by atoms with Gasteiger partial charge in [-0.25, -0.2) is 0 Å². The second-order valence-electron chi connectivity index (χ2n) is 5.71. The van der Waals surface area contributed by atoms with Gasteiger partial charge in [0.25, 0.3) is 5.91 Å². The Morgan fingerprint density at radius 2 is 2.23 bits per heavy atom. The normalized spacial score (nSPS) is 21.9. The lowest BCUT2D eigenvalue weighted by molar-refractivity contribution is -0.118. The Morgan fingerprint density at radius 1 is 1.45 bits per heavy atom. The van der Waals surface area contributed by atoms with Crippen molar-refractivity contribution < 1.29 is 9.59 Å². The topological polar surface area (TPSA) is 75.4 Å². The summed E-state index contributed by atoms with van der Waals surface area (Å²) < 4.78 is 0.616. The molecule has 0 aliphatic carbocycles. The van der Waals surface area contributed by atoms with Crippen LogP contribution in [0.1, 0.15) is 35.9 Å². The first-order chi connectivity index (χ1) is 10.5. The van der Waals surface area contributed by atoms with Gasteiger partial charge in [-0.05, 0) is 24.5 Å². The highest BCUT2D eigenvalue weighted by molar-refractivity contribution is 7.17. The highest BCUT2D eigenvalue weighted by atomic mass is 35.5. The van der Waals surface area contributed by atoms with Crippen LogP contribution in [0, 0.1) is 5.92 Å². The number of hydrogen-bond acceptors (Lipinski definition) is 4. The third-order valence-corrected chi connectivity index (χ3v) is 5.19. The largest absolute Gasteiger partial charge is 0.370 e. The molecule has 122 valence electrons. The summed E-state index contributed by atoms with van der Waals surface area (Å²) in [6, 6.07) is 3.59. The van der Waals surface area contributed by atoms with Crippen molar-refractivity contribution >= 4 is 34.8 Å². The quantitative estimate of drug-likeness (QED) is 0.796. The van der Waals surface area contributed by atoms with E-state index in [-0.39, 0.29) is 17.9 Å². The minimum atomic E-state index is -0.284. The predicted molar refractivity (Wildman–Crippen MR) is 89.2 cm³/mol. The first kappa shape index (κ1) is 17.2. The summed E-state index contributed by atoms with van der Waals surface area (Å²) >= 11 is 7.17. The number of likely N-dealkylation sites (tertiary alicyclic amines) is 1. The van der Waals surface area contributed by atoms with Gasteiger partial charge in [-0.3, -0.25) is 9.59 Å². The van der Waals surface area contributed by atoms with Crippen LogP contribution in [0.5, 0.6) is 0 Å². The summed E-state index contributed by atoms with van der Waals surface area (Å²) in [5.74, 6) is 0.0600. The molecule has 2 heterocycles. The second-order valence-corrected chi connectivity index (χ2v) is 7.42. The number of nitrogens with two attached hydrogens (primary N) is 1. The van der Waals surface area contributed by atoms with E-state index >= 15 is 0 Å². The summed E-state index contributed by atoms with van der Waals surface area (Å²) in [5.41, 5.74) is 5.21. The van der Waals surface area contributed by atoms with E-state index in [1.165, 1.54) is 11.3 Å². The molecule has 1 aromatic rings. The third kappa shape index (κ3) is 4.69. The Hall–Kier alpha value is -1.11. The van der Waals surface area contributed by atoms with E-state index in [0.717, 1.165) is 25.9 Å². The molecule has 3 N–H and O–H groups in total. The molecular formula is C15H22ClN3O2S. The fourth-order valence-corrected chi connectivity index (χ4v) is 3.86. The van der Waals surface area contributed by atoms with Crippen molar-refractivity contribution in [2.75, 3.05) is 19.6 Å². The van der Waals surface area contributed by atoms with E-state index in [9.17, 15) is 9.59 Å². The van der Waals surface area contributed by atoms with E-state index in [0.29, 0.717) is 28.1 Å². The van der Waals surface area contributed by atoms with Gasteiger partial charge in [0, 0.05) is 32.1 Å². The molecule has 1 saturated heterocycles. The molecular weight excluding hydrogens is 322 g/mol. The number of amides is 2. The molecule has 2 amide bonds. The molecule has 5 nitrogen and oxygen atoms in total. The first-order valence-corrected chi connectivity index (χ1v) is 8.76. The molecule has 0 unspecified atom stereocenters. The summed E-state index contributed by atoms with van der Waals surface area (Å²) in [5, 5.41) is 3.12. The highest BCUT2D eigenvalue weighted by Gasteiger charge is 2.33. The van der Waals surface area contributed by atoms with Crippen LogP contribution in [-0.2, 0) is 4.79 Å². The van der Waals surface area contributed by atoms with Crippen LogP contribution in [0.2, 0.25) is 4.34 Å². The first-order valence-electron chi connectivity index (χ1n) is 7.56. The Balaban J connectivity index is 1.94. The van der Waals surface area contributed by atoms with Crippen molar-refractivity contribution in [1.29, 1.82) is 0 Å². The number of rotatable bonds is 7. The number of nitrogens with one attached hydrogen (secondary N) is 1. The van der Waals surface area contributed by atoms with Gasteiger partial charge in [-0.2, -0.15) is 0 Å².